The minimum absolute atomic E-state index is 0.0202. The quantitative estimate of drug-likeness (QED) is 0.138. The van der Waals surface area contributed by atoms with E-state index in [1.807, 2.05) is 60.7 Å². The number of para-hydroxylation sites is 1. The van der Waals surface area contributed by atoms with Gasteiger partial charge in [0.25, 0.3) is 0 Å². The highest BCUT2D eigenvalue weighted by Crippen LogP contribution is 2.50. The van der Waals surface area contributed by atoms with Gasteiger partial charge in [-0.2, -0.15) is 0 Å². The second-order valence-electron chi connectivity index (χ2n) is 21.2. The summed E-state index contributed by atoms with van der Waals surface area (Å²) in [5.74, 6) is 0. The van der Waals surface area contributed by atoms with E-state index in [9.17, 15) is 5.11 Å². The van der Waals surface area contributed by atoms with Crippen LogP contribution in [0.1, 0.15) is 69.4 Å². The molecule has 0 spiro atoms. The molecule has 0 unspecified atom stereocenters. The van der Waals surface area contributed by atoms with Crippen LogP contribution in [0.25, 0.3) is 60.9 Å². The average molecular weight is 933 g/mol. The number of hydrogen-bond acceptors (Lipinski definition) is 2. The summed E-state index contributed by atoms with van der Waals surface area (Å²) in [6.45, 7) is 13.8. The molecule has 3 nitrogen and oxygen atoms in total. The Kier molecular flexibility index (Phi) is 11.9. The van der Waals surface area contributed by atoms with Gasteiger partial charge in [0.15, 0.2) is 0 Å². The van der Waals surface area contributed by atoms with Crippen LogP contribution < -0.4 is 4.90 Å². The maximum atomic E-state index is 13.7. The van der Waals surface area contributed by atoms with Gasteiger partial charge in [0.2, 0.25) is 0 Å². The first kappa shape index (κ1) is 46.2. The van der Waals surface area contributed by atoms with Gasteiger partial charge in [0.1, 0.15) is 5.60 Å². The molecule has 0 aliphatic heterocycles. The number of nitrogens with zero attached hydrogens (tertiary/aromatic N) is 2. The first-order valence-electron chi connectivity index (χ1n) is 25.1. The van der Waals surface area contributed by atoms with Crippen molar-refractivity contribution < 1.29 is 5.11 Å². The van der Waals surface area contributed by atoms with Crippen LogP contribution in [0.2, 0.25) is 0 Å². The van der Waals surface area contributed by atoms with Crippen LogP contribution >= 0.6 is 0 Å². The number of anilines is 3. The molecule has 1 N–H and O–H groups in total. The zero-order valence-corrected chi connectivity index (χ0v) is 42.0. The Morgan fingerprint density at radius 3 is 1.25 bits per heavy atom. The summed E-state index contributed by atoms with van der Waals surface area (Å²) in [5, 5.41) is 16.2. The summed E-state index contributed by atoms with van der Waals surface area (Å²) in [4.78, 5) is 2.43. The molecule has 11 rings (SSSR count). The van der Waals surface area contributed by atoms with E-state index in [1.54, 1.807) is 0 Å². The van der Waals surface area contributed by atoms with Crippen LogP contribution in [0.4, 0.5) is 17.1 Å². The van der Waals surface area contributed by atoms with Crippen molar-refractivity contribution in [1.29, 1.82) is 0 Å². The molecule has 0 saturated carbocycles. The lowest BCUT2D eigenvalue weighted by Gasteiger charge is -2.34. The molecule has 0 bridgehead atoms. The van der Waals surface area contributed by atoms with Crippen molar-refractivity contribution in [3.8, 4) is 39.1 Å². The van der Waals surface area contributed by atoms with Crippen LogP contribution in [-0.2, 0) is 16.4 Å². The van der Waals surface area contributed by atoms with Gasteiger partial charge in [0, 0.05) is 39.0 Å². The van der Waals surface area contributed by atoms with E-state index in [2.05, 4.69) is 239 Å². The van der Waals surface area contributed by atoms with E-state index in [1.165, 1.54) is 21.9 Å². The summed E-state index contributed by atoms with van der Waals surface area (Å²) in [6.07, 6.45) is 0. The number of hydrogen-bond donors (Lipinski definition) is 1. The molecule has 0 radical (unpaired) electrons. The monoisotopic (exact) mass is 932 g/mol. The minimum Gasteiger partial charge on any atom is -0.376 e. The van der Waals surface area contributed by atoms with Gasteiger partial charge < -0.3 is 14.6 Å². The van der Waals surface area contributed by atoms with Crippen molar-refractivity contribution in [2.75, 3.05) is 4.90 Å². The fraction of sp³-hybridized carbons (Fsp3) is 0.130. The largest absolute Gasteiger partial charge is 0.376 e. The highest BCUT2D eigenvalue weighted by atomic mass is 16.3. The lowest BCUT2D eigenvalue weighted by molar-refractivity contribution is 0.126. The standard InChI is InChI=1S/C69H60N2O/c1-67(2,3)54-38-40-64-62(45-54)63-46-55(68(4,5)6)39-41-65(63)71(64)58-35-22-34-57(47-58)70(66-60(49-26-14-8-15-27-49)36-23-37-61(66)50-28-16-9-17-29-50)59-43-51(48-24-12-7-13-25-48)42-56(44-59)69(72,52-30-18-10-19-31-52)53-32-20-11-21-33-53/h7-47,72H,1-6H3. The molecule has 0 fully saturated rings. The summed E-state index contributed by atoms with van der Waals surface area (Å²) in [6, 6.07) is 88.6. The molecule has 1 heterocycles. The summed E-state index contributed by atoms with van der Waals surface area (Å²) in [5.41, 5.74) is 16.0. The van der Waals surface area contributed by atoms with E-state index in [0.29, 0.717) is 0 Å². The fourth-order valence-electron chi connectivity index (χ4n) is 10.5. The Hall–Kier alpha value is -8.24. The van der Waals surface area contributed by atoms with Crippen LogP contribution in [0.15, 0.2) is 249 Å². The SMILES string of the molecule is CC(C)(C)c1ccc2c(c1)c1cc(C(C)(C)C)ccc1n2-c1cccc(N(c2cc(-c3ccccc3)cc(C(O)(c3ccccc3)c3ccccc3)c2)c2c(-c3ccccc3)cccc2-c2ccccc2)c1. The van der Waals surface area contributed by atoms with E-state index >= 15 is 0 Å². The van der Waals surface area contributed by atoms with Gasteiger partial charge >= 0.3 is 0 Å². The lowest BCUT2D eigenvalue weighted by atomic mass is 9.79. The van der Waals surface area contributed by atoms with Gasteiger partial charge in [0.05, 0.1) is 16.7 Å². The van der Waals surface area contributed by atoms with Gasteiger partial charge in [-0.1, -0.05) is 230 Å². The van der Waals surface area contributed by atoms with E-state index < -0.39 is 5.60 Å². The van der Waals surface area contributed by atoms with E-state index in [0.717, 1.165) is 83.9 Å². The second-order valence-corrected chi connectivity index (χ2v) is 21.2. The highest BCUT2D eigenvalue weighted by Gasteiger charge is 2.36. The first-order chi connectivity index (χ1) is 34.9. The highest BCUT2D eigenvalue weighted by molar-refractivity contribution is 6.10. The molecule has 11 aromatic rings. The van der Waals surface area contributed by atoms with Gasteiger partial charge in [-0.05, 0) is 122 Å². The third kappa shape index (κ3) is 8.50. The summed E-state index contributed by atoms with van der Waals surface area (Å²) < 4.78 is 2.45. The van der Waals surface area contributed by atoms with Crippen molar-refractivity contribution in [3.63, 3.8) is 0 Å². The van der Waals surface area contributed by atoms with Crippen LogP contribution in [0.3, 0.4) is 0 Å². The zero-order valence-electron chi connectivity index (χ0n) is 42.0. The Bertz CT molecular complexity index is 3530. The van der Waals surface area contributed by atoms with E-state index in [4.69, 9.17) is 0 Å². The number of benzene rings is 10. The normalized spacial score (nSPS) is 12.1. The van der Waals surface area contributed by atoms with Crippen LogP contribution in [0.5, 0.6) is 0 Å². The number of aliphatic hydroxyl groups is 1. The molecule has 10 aromatic carbocycles. The predicted molar refractivity (Wildman–Crippen MR) is 304 cm³/mol. The summed E-state index contributed by atoms with van der Waals surface area (Å²) >= 11 is 0. The molecule has 72 heavy (non-hydrogen) atoms. The van der Waals surface area contributed by atoms with Crippen LogP contribution in [-0.4, -0.2) is 9.67 Å². The molecule has 352 valence electrons. The minimum atomic E-state index is -1.52. The zero-order chi connectivity index (χ0) is 49.6. The average Bonchev–Trinajstić information content (AvgIpc) is 3.75. The smallest absolute Gasteiger partial charge is 0.140 e. The molecule has 0 aliphatic rings. The van der Waals surface area contributed by atoms with Gasteiger partial charge in [-0.25, -0.2) is 0 Å². The van der Waals surface area contributed by atoms with Crippen molar-refractivity contribution >= 4 is 38.9 Å². The third-order valence-electron chi connectivity index (χ3n) is 14.4. The molecular formula is C69H60N2O. The third-order valence-corrected chi connectivity index (χ3v) is 14.4. The molecule has 0 saturated heterocycles. The van der Waals surface area contributed by atoms with Crippen molar-refractivity contribution in [3.05, 3.63) is 277 Å². The Labute approximate surface area is 425 Å². The Morgan fingerprint density at radius 2 is 0.778 bits per heavy atom. The number of fused-ring (bicyclic) bond motifs is 3. The molecule has 3 heteroatoms. The van der Waals surface area contributed by atoms with E-state index in [-0.39, 0.29) is 10.8 Å². The second kappa shape index (κ2) is 18.5. The Morgan fingerprint density at radius 1 is 0.333 bits per heavy atom. The van der Waals surface area contributed by atoms with Gasteiger partial charge in [-0.15, -0.1) is 0 Å². The van der Waals surface area contributed by atoms with Crippen LogP contribution in [0, 0.1) is 0 Å². The topological polar surface area (TPSA) is 28.4 Å². The molecule has 0 aliphatic carbocycles. The maximum Gasteiger partial charge on any atom is 0.140 e. The number of rotatable bonds is 10. The first-order valence-corrected chi connectivity index (χ1v) is 25.1. The Balaban J connectivity index is 1.25. The van der Waals surface area contributed by atoms with Crippen molar-refractivity contribution in [1.82, 2.24) is 4.57 Å². The number of aromatic nitrogens is 1. The predicted octanol–water partition coefficient (Wildman–Crippen LogP) is 18.1. The molecule has 1 aromatic heterocycles. The van der Waals surface area contributed by atoms with Gasteiger partial charge in [-0.3, -0.25) is 0 Å². The molecule has 0 amide bonds. The molecular weight excluding hydrogens is 873 g/mol. The maximum absolute atomic E-state index is 13.7. The van der Waals surface area contributed by atoms with Crippen molar-refractivity contribution in [2.24, 2.45) is 0 Å². The van der Waals surface area contributed by atoms with Crippen molar-refractivity contribution in [2.45, 2.75) is 58.0 Å². The lowest BCUT2D eigenvalue weighted by Crippen LogP contribution is -2.29. The summed E-state index contributed by atoms with van der Waals surface area (Å²) in [7, 11) is 0. The molecule has 0 atom stereocenters. The fourth-order valence-corrected chi connectivity index (χ4v) is 10.5.